The molecule has 8 nitrogen and oxygen atoms in total. The number of methoxy groups -OCH3 is 1. The van der Waals surface area contributed by atoms with E-state index in [1.54, 1.807) is 14.0 Å². The van der Waals surface area contributed by atoms with E-state index in [2.05, 4.69) is 15.0 Å². The standard InChI is InChI=1S/C16H17Cl2N3O5/c1-8-10(7-19-23)15(21(3)20-8)26-14-6-13(11(17)5-12(14)18)25-9(2)16(22)24-4/h5-7,9,23H,1-4H3/t9-/m0/s1. The molecule has 0 amide bonds. The predicted molar refractivity (Wildman–Crippen MR) is 96.0 cm³/mol. The van der Waals surface area contributed by atoms with Gasteiger partial charge < -0.3 is 19.4 Å². The highest BCUT2D eigenvalue weighted by Gasteiger charge is 2.20. The Kier molecular flexibility index (Phi) is 6.33. The summed E-state index contributed by atoms with van der Waals surface area (Å²) in [7, 11) is 2.92. The second-order valence-electron chi connectivity index (χ2n) is 5.27. The third-order valence-electron chi connectivity index (χ3n) is 3.43. The van der Waals surface area contributed by atoms with Gasteiger partial charge in [-0.25, -0.2) is 9.48 Å². The highest BCUT2D eigenvalue weighted by molar-refractivity contribution is 6.36. The van der Waals surface area contributed by atoms with Crippen LogP contribution in [0.4, 0.5) is 0 Å². The van der Waals surface area contributed by atoms with Crippen molar-refractivity contribution in [2.75, 3.05) is 7.11 Å². The van der Waals surface area contributed by atoms with E-state index in [1.165, 1.54) is 37.1 Å². The van der Waals surface area contributed by atoms with Crippen LogP contribution in [0, 0.1) is 6.92 Å². The lowest BCUT2D eigenvalue weighted by Gasteiger charge is -2.16. The molecule has 1 N–H and O–H groups in total. The van der Waals surface area contributed by atoms with Gasteiger partial charge in [0, 0.05) is 13.1 Å². The molecule has 0 aliphatic carbocycles. The second-order valence-corrected chi connectivity index (χ2v) is 6.09. The molecule has 0 spiro atoms. The summed E-state index contributed by atoms with van der Waals surface area (Å²) in [4.78, 5) is 11.5. The quantitative estimate of drug-likeness (QED) is 0.344. The number of carbonyl (C=O) groups is 1. The summed E-state index contributed by atoms with van der Waals surface area (Å²) in [6, 6.07) is 2.88. The van der Waals surface area contributed by atoms with Crippen molar-refractivity contribution >= 4 is 35.4 Å². The van der Waals surface area contributed by atoms with E-state index in [0.717, 1.165) is 0 Å². The Hall–Kier alpha value is -2.45. The number of halogens is 2. The molecule has 1 atom stereocenters. The highest BCUT2D eigenvalue weighted by atomic mass is 35.5. The van der Waals surface area contributed by atoms with Crippen LogP contribution in [-0.2, 0) is 16.6 Å². The van der Waals surface area contributed by atoms with E-state index in [1.807, 2.05) is 0 Å². The number of ether oxygens (including phenoxy) is 3. The molecule has 0 unspecified atom stereocenters. The van der Waals surface area contributed by atoms with Crippen LogP contribution in [0.25, 0.3) is 0 Å². The fraction of sp³-hybridized carbons (Fsp3) is 0.312. The van der Waals surface area contributed by atoms with E-state index in [-0.39, 0.29) is 21.5 Å². The summed E-state index contributed by atoms with van der Waals surface area (Å²) in [6.45, 7) is 3.26. The lowest BCUT2D eigenvalue weighted by atomic mass is 10.2. The van der Waals surface area contributed by atoms with Crippen molar-refractivity contribution in [3.8, 4) is 17.4 Å². The van der Waals surface area contributed by atoms with E-state index >= 15 is 0 Å². The molecule has 140 valence electrons. The average Bonchev–Trinajstić information content (AvgIpc) is 2.85. The maximum absolute atomic E-state index is 11.5. The van der Waals surface area contributed by atoms with Crippen molar-refractivity contribution in [2.45, 2.75) is 20.0 Å². The van der Waals surface area contributed by atoms with Crippen molar-refractivity contribution in [1.82, 2.24) is 9.78 Å². The lowest BCUT2D eigenvalue weighted by Crippen LogP contribution is -2.25. The first-order valence-corrected chi connectivity index (χ1v) is 8.16. The fourth-order valence-corrected chi connectivity index (χ4v) is 2.63. The number of hydrogen-bond acceptors (Lipinski definition) is 7. The fourth-order valence-electron chi connectivity index (χ4n) is 2.17. The van der Waals surface area contributed by atoms with Gasteiger partial charge in [0.2, 0.25) is 5.88 Å². The summed E-state index contributed by atoms with van der Waals surface area (Å²) in [5.74, 6) is 0.164. The molecular formula is C16H17Cl2N3O5. The van der Waals surface area contributed by atoms with Gasteiger partial charge in [-0.05, 0) is 19.9 Å². The van der Waals surface area contributed by atoms with Gasteiger partial charge in [-0.15, -0.1) is 0 Å². The monoisotopic (exact) mass is 401 g/mol. The van der Waals surface area contributed by atoms with E-state index < -0.39 is 12.1 Å². The molecule has 0 radical (unpaired) electrons. The third kappa shape index (κ3) is 4.20. The number of nitrogens with zero attached hydrogens (tertiary/aromatic N) is 3. The normalized spacial score (nSPS) is 12.2. The van der Waals surface area contributed by atoms with Gasteiger partial charge in [-0.1, -0.05) is 28.4 Å². The minimum absolute atomic E-state index is 0.195. The lowest BCUT2D eigenvalue weighted by molar-refractivity contribution is -0.147. The number of carbonyl (C=O) groups excluding carboxylic acids is 1. The SMILES string of the molecule is COC(=O)[C@H](C)Oc1cc(Oc2c(C=NO)c(C)nn2C)c(Cl)cc1Cl. The van der Waals surface area contributed by atoms with Crippen LogP contribution in [0.5, 0.6) is 17.4 Å². The number of rotatable bonds is 6. The predicted octanol–water partition coefficient (Wildman–Crippen LogP) is 3.58. The number of hydrogen-bond donors (Lipinski definition) is 1. The van der Waals surface area contributed by atoms with Crippen LogP contribution in [0.15, 0.2) is 17.3 Å². The summed E-state index contributed by atoms with van der Waals surface area (Å²) in [5, 5.41) is 16.5. The highest BCUT2D eigenvalue weighted by Crippen LogP contribution is 2.39. The smallest absolute Gasteiger partial charge is 0.346 e. The van der Waals surface area contributed by atoms with Crippen LogP contribution in [0.1, 0.15) is 18.2 Å². The maximum atomic E-state index is 11.5. The van der Waals surface area contributed by atoms with Crippen molar-refractivity contribution < 1.29 is 24.2 Å². The minimum atomic E-state index is -0.873. The van der Waals surface area contributed by atoms with Crippen LogP contribution in [-0.4, -0.2) is 40.4 Å². The van der Waals surface area contributed by atoms with E-state index in [0.29, 0.717) is 17.1 Å². The molecule has 0 aliphatic rings. The topological polar surface area (TPSA) is 95.2 Å². The Morgan fingerprint density at radius 3 is 2.62 bits per heavy atom. The van der Waals surface area contributed by atoms with Crippen molar-refractivity contribution in [3.63, 3.8) is 0 Å². The summed E-state index contributed by atoms with van der Waals surface area (Å²) >= 11 is 12.3. The first kappa shape index (κ1) is 19.9. The molecule has 10 heteroatoms. The van der Waals surface area contributed by atoms with Crippen molar-refractivity contribution in [2.24, 2.45) is 12.2 Å². The van der Waals surface area contributed by atoms with E-state index in [4.69, 9.17) is 37.9 Å². The summed E-state index contributed by atoms with van der Waals surface area (Å²) in [5.41, 5.74) is 1.08. The number of benzene rings is 1. The van der Waals surface area contributed by atoms with Gasteiger partial charge in [0.15, 0.2) is 11.9 Å². The molecule has 1 heterocycles. The van der Waals surface area contributed by atoms with Crippen molar-refractivity contribution in [3.05, 3.63) is 33.4 Å². The van der Waals surface area contributed by atoms with Crippen LogP contribution in [0.2, 0.25) is 10.0 Å². The van der Waals surface area contributed by atoms with Crippen molar-refractivity contribution in [1.29, 1.82) is 0 Å². The molecule has 0 saturated heterocycles. The molecule has 26 heavy (non-hydrogen) atoms. The molecule has 0 bridgehead atoms. The zero-order valence-electron chi connectivity index (χ0n) is 14.5. The van der Waals surface area contributed by atoms with Gasteiger partial charge in [0.25, 0.3) is 0 Å². The van der Waals surface area contributed by atoms with Crippen LogP contribution >= 0.6 is 23.2 Å². The number of aromatic nitrogens is 2. The van der Waals surface area contributed by atoms with Gasteiger partial charge in [-0.2, -0.15) is 5.10 Å². The first-order valence-electron chi connectivity index (χ1n) is 7.40. The molecule has 2 aromatic rings. The molecular weight excluding hydrogens is 385 g/mol. The Bertz CT molecular complexity index is 851. The Morgan fingerprint density at radius 2 is 2.00 bits per heavy atom. The number of aryl methyl sites for hydroxylation is 2. The largest absolute Gasteiger partial charge is 0.477 e. The van der Waals surface area contributed by atoms with Gasteiger partial charge in [-0.3, -0.25) is 0 Å². The zero-order chi connectivity index (χ0) is 19.4. The number of esters is 1. The molecule has 1 aromatic carbocycles. The number of oxime groups is 1. The maximum Gasteiger partial charge on any atom is 0.346 e. The molecule has 0 aliphatic heterocycles. The van der Waals surface area contributed by atoms with Gasteiger partial charge >= 0.3 is 5.97 Å². The molecule has 2 rings (SSSR count). The molecule has 0 saturated carbocycles. The summed E-state index contributed by atoms with van der Waals surface area (Å²) in [6.07, 6.45) is 0.334. The van der Waals surface area contributed by atoms with Gasteiger partial charge in [0.1, 0.15) is 5.75 Å². The average molecular weight is 402 g/mol. The van der Waals surface area contributed by atoms with Crippen LogP contribution in [0.3, 0.4) is 0 Å². The van der Waals surface area contributed by atoms with Crippen LogP contribution < -0.4 is 9.47 Å². The Morgan fingerprint density at radius 1 is 1.35 bits per heavy atom. The third-order valence-corrected chi connectivity index (χ3v) is 4.02. The first-order chi connectivity index (χ1) is 12.3. The summed E-state index contributed by atoms with van der Waals surface area (Å²) < 4.78 is 17.4. The second kappa shape index (κ2) is 8.29. The Labute approximate surface area is 159 Å². The Balaban J connectivity index is 2.39. The van der Waals surface area contributed by atoms with E-state index in [9.17, 15) is 4.79 Å². The molecule has 0 fully saturated rings. The molecule has 1 aromatic heterocycles. The zero-order valence-corrected chi connectivity index (χ0v) is 16.0. The minimum Gasteiger partial charge on any atom is -0.477 e. The van der Waals surface area contributed by atoms with Gasteiger partial charge in [0.05, 0.1) is 34.6 Å².